The van der Waals surface area contributed by atoms with Gasteiger partial charge in [0.15, 0.2) is 0 Å². The number of hydrogen-bond acceptors (Lipinski definition) is 3. The highest BCUT2D eigenvalue weighted by atomic mass is 16.5. The average molecular weight is 279 g/mol. The van der Waals surface area contributed by atoms with Crippen molar-refractivity contribution in [1.82, 2.24) is 4.98 Å². The first kappa shape index (κ1) is 13.6. The van der Waals surface area contributed by atoms with Crippen LogP contribution in [-0.2, 0) is 13.0 Å². The van der Waals surface area contributed by atoms with Crippen LogP contribution in [0.4, 0.5) is 0 Å². The highest BCUT2D eigenvalue weighted by molar-refractivity contribution is 5.78. The number of rotatable bonds is 5. The maximum Gasteiger partial charge on any atom is 0.130 e. The zero-order valence-corrected chi connectivity index (χ0v) is 11.7. The summed E-state index contributed by atoms with van der Waals surface area (Å²) in [5.41, 5.74) is 2.95. The maximum absolute atomic E-state index is 8.97. The van der Waals surface area contributed by atoms with Crippen molar-refractivity contribution in [3.8, 4) is 5.75 Å². The molecule has 3 aromatic rings. The Morgan fingerprint density at radius 1 is 0.952 bits per heavy atom. The van der Waals surface area contributed by atoms with Gasteiger partial charge < -0.3 is 9.84 Å². The molecule has 3 heteroatoms. The van der Waals surface area contributed by atoms with Crippen molar-refractivity contribution in [2.45, 2.75) is 13.0 Å². The molecule has 0 aliphatic heterocycles. The number of hydrogen-bond donors (Lipinski definition) is 1. The maximum atomic E-state index is 8.97. The van der Waals surface area contributed by atoms with E-state index in [0.29, 0.717) is 13.0 Å². The Morgan fingerprint density at radius 2 is 1.86 bits per heavy atom. The Hall–Kier alpha value is -2.39. The summed E-state index contributed by atoms with van der Waals surface area (Å²) in [4.78, 5) is 4.58. The summed E-state index contributed by atoms with van der Waals surface area (Å²) in [5.74, 6) is 0.802. The van der Waals surface area contributed by atoms with E-state index in [0.717, 1.165) is 27.9 Å². The topological polar surface area (TPSA) is 42.4 Å². The lowest BCUT2D eigenvalue weighted by Gasteiger charge is -2.08. The highest BCUT2D eigenvalue weighted by Gasteiger charge is 2.01. The molecule has 21 heavy (non-hydrogen) atoms. The van der Waals surface area contributed by atoms with Crippen LogP contribution >= 0.6 is 0 Å². The first-order chi connectivity index (χ1) is 10.3. The standard InChI is InChI=1S/C18H17NO2/c20-11-10-14-4-3-6-17(12-14)21-13-16-9-8-15-5-1-2-7-18(15)19-16/h1-9,12,20H,10-11,13H2. The molecule has 1 heterocycles. The van der Waals surface area contributed by atoms with E-state index in [1.165, 1.54) is 0 Å². The van der Waals surface area contributed by atoms with Gasteiger partial charge in [-0.25, -0.2) is 4.98 Å². The Morgan fingerprint density at radius 3 is 2.76 bits per heavy atom. The van der Waals surface area contributed by atoms with Gasteiger partial charge in [0.1, 0.15) is 12.4 Å². The molecule has 0 radical (unpaired) electrons. The van der Waals surface area contributed by atoms with Crippen molar-refractivity contribution in [3.05, 3.63) is 71.9 Å². The fourth-order valence-electron chi connectivity index (χ4n) is 2.27. The van der Waals surface area contributed by atoms with Gasteiger partial charge in [-0.3, -0.25) is 0 Å². The van der Waals surface area contributed by atoms with E-state index in [-0.39, 0.29) is 6.61 Å². The minimum absolute atomic E-state index is 0.148. The minimum atomic E-state index is 0.148. The molecule has 0 atom stereocenters. The van der Waals surface area contributed by atoms with Gasteiger partial charge in [-0.05, 0) is 36.2 Å². The number of aromatic nitrogens is 1. The lowest BCUT2D eigenvalue weighted by atomic mass is 10.1. The van der Waals surface area contributed by atoms with Crippen LogP contribution in [0.25, 0.3) is 10.9 Å². The van der Waals surface area contributed by atoms with Crippen LogP contribution in [0.2, 0.25) is 0 Å². The number of para-hydroxylation sites is 1. The van der Waals surface area contributed by atoms with E-state index in [4.69, 9.17) is 9.84 Å². The Kier molecular flexibility index (Phi) is 4.12. The van der Waals surface area contributed by atoms with E-state index in [1.807, 2.05) is 54.6 Å². The number of benzene rings is 2. The lowest BCUT2D eigenvalue weighted by molar-refractivity contribution is 0.295. The van der Waals surface area contributed by atoms with Crippen molar-refractivity contribution < 1.29 is 9.84 Å². The summed E-state index contributed by atoms with van der Waals surface area (Å²) in [6.45, 7) is 0.586. The Labute approximate surface area is 123 Å². The molecule has 0 amide bonds. The van der Waals surface area contributed by atoms with E-state index < -0.39 is 0 Å². The number of aliphatic hydroxyl groups excluding tert-OH is 1. The second kappa shape index (κ2) is 6.37. The largest absolute Gasteiger partial charge is 0.487 e. The normalized spacial score (nSPS) is 10.7. The summed E-state index contributed by atoms with van der Waals surface area (Å²) in [7, 11) is 0. The van der Waals surface area contributed by atoms with Gasteiger partial charge in [0.05, 0.1) is 11.2 Å². The van der Waals surface area contributed by atoms with Gasteiger partial charge in [-0.15, -0.1) is 0 Å². The van der Waals surface area contributed by atoms with Crippen LogP contribution < -0.4 is 4.74 Å². The van der Waals surface area contributed by atoms with Crippen LogP contribution in [-0.4, -0.2) is 16.7 Å². The molecule has 0 unspecified atom stereocenters. The summed E-state index contributed by atoms with van der Waals surface area (Å²) in [6, 6.07) is 19.9. The summed E-state index contributed by atoms with van der Waals surface area (Å²) >= 11 is 0. The minimum Gasteiger partial charge on any atom is -0.487 e. The predicted molar refractivity (Wildman–Crippen MR) is 83.3 cm³/mol. The zero-order valence-electron chi connectivity index (χ0n) is 11.7. The van der Waals surface area contributed by atoms with Crippen molar-refractivity contribution in [1.29, 1.82) is 0 Å². The third-order valence-corrected chi connectivity index (χ3v) is 3.34. The second-order valence-electron chi connectivity index (χ2n) is 4.90. The zero-order chi connectivity index (χ0) is 14.5. The molecule has 0 aliphatic carbocycles. The van der Waals surface area contributed by atoms with Crippen molar-refractivity contribution in [3.63, 3.8) is 0 Å². The quantitative estimate of drug-likeness (QED) is 0.779. The van der Waals surface area contributed by atoms with Crippen molar-refractivity contribution >= 4 is 10.9 Å². The molecule has 0 saturated heterocycles. The molecule has 3 rings (SSSR count). The molecule has 3 nitrogen and oxygen atoms in total. The molecule has 0 fully saturated rings. The van der Waals surface area contributed by atoms with Crippen LogP contribution in [0.15, 0.2) is 60.7 Å². The number of ether oxygens (including phenoxy) is 1. The summed E-state index contributed by atoms with van der Waals surface area (Å²) in [6.07, 6.45) is 0.644. The first-order valence-corrected chi connectivity index (χ1v) is 7.02. The number of aliphatic hydroxyl groups is 1. The molecule has 0 aliphatic rings. The van der Waals surface area contributed by atoms with Crippen LogP contribution in [0.3, 0.4) is 0 Å². The van der Waals surface area contributed by atoms with E-state index in [1.54, 1.807) is 0 Å². The Balaban J connectivity index is 1.72. The van der Waals surface area contributed by atoms with Gasteiger partial charge in [0.25, 0.3) is 0 Å². The average Bonchev–Trinajstić information content (AvgIpc) is 2.53. The van der Waals surface area contributed by atoms with Gasteiger partial charge >= 0.3 is 0 Å². The lowest BCUT2D eigenvalue weighted by Crippen LogP contribution is -1.99. The molecule has 0 spiro atoms. The van der Waals surface area contributed by atoms with Crippen molar-refractivity contribution in [2.75, 3.05) is 6.61 Å². The number of fused-ring (bicyclic) bond motifs is 1. The van der Waals surface area contributed by atoms with E-state index in [2.05, 4.69) is 11.1 Å². The third kappa shape index (κ3) is 3.38. The van der Waals surface area contributed by atoms with Gasteiger partial charge in [0.2, 0.25) is 0 Å². The SMILES string of the molecule is OCCc1cccc(OCc2ccc3ccccc3n2)c1. The first-order valence-electron chi connectivity index (χ1n) is 7.02. The van der Waals surface area contributed by atoms with E-state index >= 15 is 0 Å². The van der Waals surface area contributed by atoms with Crippen LogP contribution in [0.1, 0.15) is 11.3 Å². The van der Waals surface area contributed by atoms with Crippen LogP contribution in [0.5, 0.6) is 5.75 Å². The van der Waals surface area contributed by atoms with E-state index in [9.17, 15) is 0 Å². The smallest absolute Gasteiger partial charge is 0.130 e. The number of nitrogens with zero attached hydrogens (tertiary/aromatic N) is 1. The summed E-state index contributed by atoms with van der Waals surface area (Å²) in [5, 5.41) is 10.1. The fourth-order valence-corrected chi connectivity index (χ4v) is 2.27. The van der Waals surface area contributed by atoms with Gasteiger partial charge in [-0.2, -0.15) is 0 Å². The molecule has 0 bridgehead atoms. The molecule has 2 aromatic carbocycles. The highest BCUT2D eigenvalue weighted by Crippen LogP contribution is 2.16. The fraction of sp³-hybridized carbons (Fsp3) is 0.167. The Bertz CT molecular complexity index is 740. The summed E-state index contributed by atoms with van der Waals surface area (Å²) < 4.78 is 5.78. The predicted octanol–water partition coefficient (Wildman–Crippen LogP) is 3.35. The second-order valence-corrected chi connectivity index (χ2v) is 4.90. The molecule has 1 aromatic heterocycles. The molecule has 1 N–H and O–H groups in total. The molecule has 0 saturated carbocycles. The molecular weight excluding hydrogens is 262 g/mol. The van der Waals surface area contributed by atoms with Gasteiger partial charge in [0, 0.05) is 12.0 Å². The molecule has 106 valence electrons. The monoisotopic (exact) mass is 279 g/mol. The molecular formula is C18H17NO2. The van der Waals surface area contributed by atoms with Crippen LogP contribution in [0, 0.1) is 0 Å². The van der Waals surface area contributed by atoms with Crippen molar-refractivity contribution in [2.24, 2.45) is 0 Å². The van der Waals surface area contributed by atoms with Gasteiger partial charge in [-0.1, -0.05) is 36.4 Å². The third-order valence-electron chi connectivity index (χ3n) is 3.34. The number of pyridine rings is 1.